The lowest BCUT2D eigenvalue weighted by molar-refractivity contribution is 0.0860. The second kappa shape index (κ2) is 5.98. The number of aliphatic hydroxyl groups is 1. The first-order valence-corrected chi connectivity index (χ1v) is 7.15. The first-order chi connectivity index (χ1) is 8.16. The van der Waals surface area contributed by atoms with Crippen LogP contribution < -0.4 is 5.32 Å². The molecule has 0 saturated heterocycles. The van der Waals surface area contributed by atoms with Crippen LogP contribution in [0.5, 0.6) is 0 Å². The molecule has 0 amide bonds. The molecule has 0 aromatic heterocycles. The Morgan fingerprint density at radius 3 is 2.53 bits per heavy atom. The Bertz CT molecular complexity index is 352. The monoisotopic (exact) mass is 297 g/mol. The highest BCUT2D eigenvalue weighted by molar-refractivity contribution is 9.10. The van der Waals surface area contributed by atoms with Gasteiger partial charge in [-0.3, -0.25) is 0 Å². The van der Waals surface area contributed by atoms with Crippen molar-refractivity contribution in [3.63, 3.8) is 0 Å². The van der Waals surface area contributed by atoms with Gasteiger partial charge in [-0.05, 0) is 37.5 Å². The van der Waals surface area contributed by atoms with Gasteiger partial charge in [-0.1, -0.05) is 40.9 Å². The van der Waals surface area contributed by atoms with Crippen molar-refractivity contribution in [1.29, 1.82) is 0 Å². The van der Waals surface area contributed by atoms with Crippen LogP contribution in [0.15, 0.2) is 28.7 Å². The highest BCUT2D eigenvalue weighted by Crippen LogP contribution is 2.22. The van der Waals surface area contributed by atoms with Gasteiger partial charge in [-0.2, -0.15) is 0 Å². The molecule has 1 aromatic carbocycles. The van der Waals surface area contributed by atoms with Crippen molar-refractivity contribution in [1.82, 2.24) is 5.32 Å². The van der Waals surface area contributed by atoms with Gasteiger partial charge in [0.25, 0.3) is 0 Å². The van der Waals surface area contributed by atoms with Gasteiger partial charge in [0.15, 0.2) is 0 Å². The number of halogens is 1. The number of rotatable bonds is 3. The van der Waals surface area contributed by atoms with E-state index in [0.29, 0.717) is 6.04 Å². The third-order valence-electron chi connectivity index (χ3n) is 3.56. The molecule has 1 aromatic rings. The molecule has 1 aliphatic carbocycles. The van der Waals surface area contributed by atoms with E-state index in [0.717, 1.165) is 23.7 Å². The summed E-state index contributed by atoms with van der Waals surface area (Å²) < 4.78 is 1.10. The minimum atomic E-state index is -0.179. The second-order valence-corrected chi connectivity index (χ2v) is 5.81. The van der Waals surface area contributed by atoms with Gasteiger partial charge < -0.3 is 10.4 Å². The molecule has 0 heterocycles. The average molecular weight is 298 g/mol. The molecule has 1 saturated carbocycles. The summed E-state index contributed by atoms with van der Waals surface area (Å²) in [5.41, 5.74) is 1.27. The van der Waals surface area contributed by atoms with E-state index in [9.17, 15) is 5.11 Å². The summed E-state index contributed by atoms with van der Waals surface area (Å²) in [6.07, 6.45) is 4.22. The molecular weight excluding hydrogens is 278 g/mol. The van der Waals surface area contributed by atoms with E-state index in [1.54, 1.807) is 0 Å². The summed E-state index contributed by atoms with van der Waals surface area (Å²) in [7, 11) is 0. The smallest absolute Gasteiger partial charge is 0.0693 e. The summed E-state index contributed by atoms with van der Waals surface area (Å²) in [4.78, 5) is 0. The molecule has 1 aliphatic rings. The maximum atomic E-state index is 9.94. The van der Waals surface area contributed by atoms with E-state index >= 15 is 0 Å². The lowest BCUT2D eigenvalue weighted by Crippen LogP contribution is -2.43. The van der Waals surface area contributed by atoms with E-state index in [2.05, 4.69) is 52.4 Å². The van der Waals surface area contributed by atoms with Crippen molar-refractivity contribution >= 4 is 15.9 Å². The maximum Gasteiger partial charge on any atom is 0.0693 e. The van der Waals surface area contributed by atoms with Crippen molar-refractivity contribution in [2.24, 2.45) is 0 Å². The van der Waals surface area contributed by atoms with Crippen LogP contribution in [0.1, 0.15) is 44.2 Å². The molecule has 94 valence electrons. The van der Waals surface area contributed by atoms with Crippen LogP contribution >= 0.6 is 15.9 Å². The fourth-order valence-electron chi connectivity index (χ4n) is 2.47. The third kappa shape index (κ3) is 3.54. The standard InChI is InChI=1S/C14H20BrNO/c1-10(11-6-8-12(15)9-7-11)16-13-4-2-3-5-14(13)17/h6-10,13-14,16-17H,2-5H2,1H3/t10-,13+,14+/m1/s1. The highest BCUT2D eigenvalue weighted by atomic mass is 79.9. The zero-order valence-electron chi connectivity index (χ0n) is 10.2. The van der Waals surface area contributed by atoms with Gasteiger partial charge in [0.2, 0.25) is 0 Å². The second-order valence-electron chi connectivity index (χ2n) is 4.90. The van der Waals surface area contributed by atoms with Crippen LogP contribution in [0.2, 0.25) is 0 Å². The number of benzene rings is 1. The Balaban J connectivity index is 1.95. The topological polar surface area (TPSA) is 32.3 Å². The molecule has 0 spiro atoms. The third-order valence-corrected chi connectivity index (χ3v) is 4.09. The summed E-state index contributed by atoms with van der Waals surface area (Å²) in [5.74, 6) is 0. The van der Waals surface area contributed by atoms with Crippen LogP contribution in [-0.2, 0) is 0 Å². The summed E-state index contributed by atoms with van der Waals surface area (Å²) in [5, 5.41) is 13.5. The van der Waals surface area contributed by atoms with Crippen molar-refractivity contribution in [2.45, 2.75) is 50.8 Å². The average Bonchev–Trinajstić information content (AvgIpc) is 2.33. The van der Waals surface area contributed by atoms with E-state index < -0.39 is 0 Å². The highest BCUT2D eigenvalue weighted by Gasteiger charge is 2.24. The Kier molecular flexibility index (Phi) is 4.60. The van der Waals surface area contributed by atoms with Gasteiger partial charge in [-0.25, -0.2) is 0 Å². The zero-order valence-corrected chi connectivity index (χ0v) is 11.8. The van der Waals surface area contributed by atoms with Crippen LogP contribution in [0.4, 0.5) is 0 Å². The van der Waals surface area contributed by atoms with Crippen LogP contribution in [0.25, 0.3) is 0 Å². The summed E-state index contributed by atoms with van der Waals surface area (Å²) >= 11 is 3.44. The predicted molar refractivity (Wildman–Crippen MR) is 74.0 cm³/mol. The molecule has 0 bridgehead atoms. The van der Waals surface area contributed by atoms with Gasteiger partial charge in [0.05, 0.1) is 6.10 Å². The molecule has 2 nitrogen and oxygen atoms in total. The quantitative estimate of drug-likeness (QED) is 0.896. The molecule has 3 heteroatoms. The first kappa shape index (κ1) is 13.1. The van der Waals surface area contributed by atoms with Crippen LogP contribution in [0, 0.1) is 0 Å². The minimum absolute atomic E-state index is 0.179. The van der Waals surface area contributed by atoms with Gasteiger partial charge in [0, 0.05) is 16.6 Å². The van der Waals surface area contributed by atoms with Gasteiger partial charge in [-0.15, -0.1) is 0 Å². The molecule has 1 fully saturated rings. The van der Waals surface area contributed by atoms with Crippen molar-refractivity contribution < 1.29 is 5.11 Å². The Morgan fingerprint density at radius 1 is 1.24 bits per heavy atom. The van der Waals surface area contributed by atoms with Gasteiger partial charge >= 0.3 is 0 Å². The SMILES string of the molecule is C[C@@H](N[C@H]1CCCC[C@@H]1O)c1ccc(Br)cc1. The Morgan fingerprint density at radius 2 is 1.88 bits per heavy atom. The van der Waals surface area contributed by atoms with E-state index in [1.165, 1.54) is 12.0 Å². The largest absolute Gasteiger partial charge is 0.392 e. The van der Waals surface area contributed by atoms with Crippen LogP contribution in [-0.4, -0.2) is 17.3 Å². The lowest BCUT2D eigenvalue weighted by atomic mass is 9.91. The van der Waals surface area contributed by atoms with E-state index in [1.807, 2.05) is 0 Å². The lowest BCUT2D eigenvalue weighted by Gasteiger charge is -2.31. The molecule has 2 rings (SSSR count). The predicted octanol–water partition coefficient (Wildman–Crippen LogP) is 3.40. The zero-order chi connectivity index (χ0) is 12.3. The Hall–Kier alpha value is -0.380. The molecule has 3 atom stereocenters. The Labute approximate surface area is 112 Å². The van der Waals surface area contributed by atoms with Crippen LogP contribution in [0.3, 0.4) is 0 Å². The molecule has 0 aliphatic heterocycles. The van der Waals surface area contributed by atoms with E-state index in [-0.39, 0.29) is 12.1 Å². The summed E-state index contributed by atoms with van der Waals surface area (Å²) in [6.45, 7) is 2.16. The molecular formula is C14H20BrNO. The molecule has 2 N–H and O–H groups in total. The number of nitrogens with one attached hydrogen (secondary N) is 1. The molecule has 0 radical (unpaired) electrons. The molecule has 0 unspecified atom stereocenters. The van der Waals surface area contributed by atoms with Crippen molar-refractivity contribution in [3.05, 3.63) is 34.3 Å². The first-order valence-electron chi connectivity index (χ1n) is 6.36. The maximum absolute atomic E-state index is 9.94. The fraction of sp³-hybridized carbons (Fsp3) is 0.571. The van der Waals surface area contributed by atoms with Crippen molar-refractivity contribution in [2.75, 3.05) is 0 Å². The van der Waals surface area contributed by atoms with E-state index in [4.69, 9.17) is 0 Å². The van der Waals surface area contributed by atoms with Crippen molar-refractivity contribution in [3.8, 4) is 0 Å². The number of hydrogen-bond donors (Lipinski definition) is 2. The van der Waals surface area contributed by atoms with Gasteiger partial charge in [0.1, 0.15) is 0 Å². The number of aliphatic hydroxyl groups excluding tert-OH is 1. The molecule has 17 heavy (non-hydrogen) atoms. The number of hydrogen-bond acceptors (Lipinski definition) is 2. The minimum Gasteiger partial charge on any atom is -0.392 e. The normalized spacial score (nSPS) is 26.8. The fourth-order valence-corrected chi connectivity index (χ4v) is 2.74. The summed E-state index contributed by atoms with van der Waals surface area (Å²) in [6, 6.07) is 8.91.